The molecule has 1 amide bonds. The van der Waals surface area contributed by atoms with Crippen LogP contribution >= 0.6 is 0 Å². The Balaban J connectivity index is 1.25. The number of pyridine rings is 1. The average Bonchev–Trinajstić information content (AvgIpc) is 3.22. The molecule has 6 nitrogen and oxygen atoms in total. The lowest BCUT2D eigenvalue weighted by Gasteiger charge is -2.38. The molecule has 29 heavy (non-hydrogen) atoms. The molecule has 4 rings (SSSR count). The number of carbonyl (C=O) groups is 1. The molecule has 1 aromatic heterocycles. The molecule has 1 aromatic carbocycles. The maximum absolute atomic E-state index is 12.6. The Morgan fingerprint density at radius 1 is 1.14 bits per heavy atom. The van der Waals surface area contributed by atoms with Gasteiger partial charge in [0.2, 0.25) is 12.7 Å². The van der Waals surface area contributed by atoms with Crippen molar-refractivity contribution in [1.82, 2.24) is 15.2 Å². The number of amides is 1. The van der Waals surface area contributed by atoms with Gasteiger partial charge in [-0.25, -0.2) is 0 Å². The van der Waals surface area contributed by atoms with Gasteiger partial charge in [0.05, 0.1) is 0 Å². The molecule has 1 saturated heterocycles. The second-order valence-corrected chi connectivity index (χ2v) is 7.98. The van der Waals surface area contributed by atoms with Gasteiger partial charge >= 0.3 is 0 Å². The molecular weight excluding hydrogens is 366 g/mol. The number of hydrogen-bond donors (Lipinski definition) is 1. The fourth-order valence-electron chi connectivity index (χ4n) is 4.34. The summed E-state index contributed by atoms with van der Waals surface area (Å²) in [5.41, 5.74) is 2.33. The zero-order valence-corrected chi connectivity index (χ0v) is 17.0. The van der Waals surface area contributed by atoms with E-state index in [4.69, 9.17) is 9.47 Å². The Bertz CT molecular complexity index is 827. The lowest BCUT2D eigenvalue weighted by Crippen LogP contribution is -2.41. The number of ether oxygens (including phenoxy) is 2. The third-order valence-corrected chi connectivity index (χ3v) is 6.03. The molecule has 0 bridgehead atoms. The number of fused-ring (bicyclic) bond motifs is 1. The summed E-state index contributed by atoms with van der Waals surface area (Å²) in [4.78, 5) is 19.2. The Morgan fingerprint density at radius 3 is 2.79 bits per heavy atom. The van der Waals surface area contributed by atoms with Crippen molar-refractivity contribution < 1.29 is 14.3 Å². The molecule has 0 aliphatic carbocycles. The van der Waals surface area contributed by atoms with Gasteiger partial charge in [-0.3, -0.25) is 14.7 Å². The second kappa shape index (κ2) is 9.27. The van der Waals surface area contributed by atoms with Crippen LogP contribution in [-0.2, 0) is 17.9 Å². The number of nitrogens with zero attached hydrogens (tertiary/aromatic N) is 2. The average molecular weight is 396 g/mol. The van der Waals surface area contributed by atoms with Crippen LogP contribution in [-0.4, -0.2) is 35.7 Å². The molecule has 154 valence electrons. The van der Waals surface area contributed by atoms with Crippen molar-refractivity contribution in [2.24, 2.45) is 11.8 Å². The molecule has 0 radical (unpaired) electrons. The maximum atomic E-state index is 12.6. The van der Waals surface area contributed by atoms with Gasteiger partial charge in [-0.1, -0.05) is 19.4 Å². The van der Waals surface area contributed by atoms with Crippen molar-refractivity contribution in [3.05, 3.63) is 53.9 Å². The molecule has 1 N–H and O–H groups in total. The number of likely N-dealkylation sites (tertiary alicyclic amines) is 1. The van der Waals surface area contributed by atoms with Gasteiger partial charge in [0, 0.05) is 38.4 Å². The number of carbonyl (C=O) groups excluding carboxylic acids is 1. The molecule has 6 heteroatoms. The number of rotatable bonds is 7. The van der Waals surface area contributed by atoms with E-state index in [0.29, 0.717) is 24.8 Å². The SMILES string of the molecule is CC[C@@H]1CN(Cc2ccncc2)CC[C@H]1CC(=O)NCc1ccc2c(c1)OCO2. The van der Waals surface area contributed by atoms with Gasteiger partial charge in [-0.05, 0) is 60.2 Å². The Kier molecular flexibility index (Phi) is 6.30. The van der Waals surface area contributed by atoms with E-state index in [-0.39, 0.29) is 12.7 Å². The van der Waals surface area contributed by atoms with Crippen molar-refractivity contribution >= 4 is 5.91 Å². The summed E-state index contributed by atoms with van der Waals surface area (Å²) in [6.07, 6.45) is 6.48. The topological polar surface area (TPSA) is 63.7 Å². The van der Waals surface area contributed by atoms with Crippen LogP contribution in [0.4, 0.5) is 0 Å². The van der Waals surface area contributed by atoms with Gasteiger partial charge in [0.15, 0.2) is 11.5 Å². The summed E-state index contributed by atoms with van der Waals surface area (Å²) >= 11 is 0. The standard InChI is InChI=1S/C23H29N3O3/c1-2-19-15-26(14-17-5-8-24-9-6-17)10-7-20(19)12-23(27)25-13-18-3-4-21-22(11-18)29-16-28-21/h3-6,8-9,11,19-20H,2,7,10,12-16H2,1H3,(H,25,27)/t19-,20+/m1/s1. The molecule has 2 atom stereocenters. The first-order valence-corrected chi connectivity index (χ1v) is 10.5. The predicted molar refractivity (Wildman–Crippen MR) is 110 cm³/mol. The van der Waals surface area contributed by atoms with Crippen LogP contribution in [0.3, 0.4) is 0 Å². The molecule has 2 aromatic rings. The van der Waals surface area contributed by atoms with Crippen LogP contribution in [0.25, 0.3) is 0 Å². The van der Waals surface area contributed by atoms with Crippen LogP contribution in [0.2, 0.25) is 0 Å². The third-order valence-electron chi connectivity index (χ3n) is 6.03. The van der Waals surface area contributed by atoms with E-state index in [0.717, 1.165) is 49.5 Å². The summed E-state index contributed by atoms with van der Waals surface area (Å²) in [7, 11) is 0. The number of piperidine rings is 1. The fourth-order valence-corrected chi connectivity index (χ4v) is 4.34. The van der Waals surface area contributed by atoms with E-state index < -0.39 is 0 Å². The number of aromatic nitrogens is 1. The molecule has 2 aliphatic rings. The quantitative estimate of drug-likeness (QED) is 0.779. The monoisotopic (exact) mass is 395 g/mol. The first-order valence-electron chi connectivity index (χ1n) is 10.5. The van der Waals surface area contributed by atoms with E-state index in [1.807, 2.05) is 30.6 Å². The summed E-state index contributed by atoms with van der Waals surface area (Å²) in [5.74, 6) is 2.66. The lowest BCUT2D eigenvalue weighted by molar-refractivity contribution is -0.123. The first kappa shape index (κ1) is 19.7. The molecule has 0 saturated carbocycles. The summed E-state index contributed by atoms with van der Waals surface area (Å²) in [5, 5.41) is 3.08. The smallest absolute Gasteiger partial charge is 0.231 e. The number of benzene rings is 1. The Labute approximate surface area is 172 Å². The van der Waals surface area contributed by atoms with E-state index in [2.05, 4.69) is 34.3 Å². The predicted octanol–water partition coefficient (Wildman–Crippen LogP) is 3.36. The van der Waals surface area contributed by atoms with Gasteiger partial charge in [0.25, 0.3) is 0 Å². The zero-order chi connectivity index (χ0) is 20.1. The van der Waals surface area contributed by atoms with Crippen LogP contribution < -0.4 is 14.8 Å². The zero-order valence-electron chi connectivity index (χ0n) is 17.0. The maximum Gasteiger partial charge on any atom is 0.231 e. The van der Waals surface area contributed by atoms with E-state index in [1.54, 1.807) is 0 Å². The lowest BCUT2D eigenvalue weighted by atomic mass is 9.81. The highest BCUT2D eigenvalue weighted by Crippen LogP contribution is 2.33. The van der Waals surface area contributed by atoms with Gasteiger partial charge in [-0.2, -0.15) is 0 Å². The molecule has 1 fully saturated rings. The normalized spacial score (nSPS) is 21.1. The molecular formula is C23H29N3O3. The number of hydrogen-bond acceptors (Lipinski definition) is 5. The van der Waals surface area contributed by atoms with E-state index in [9.17, 15) is 4.79 Å². The second-order valence-electron chi connectivity index (χ2n) is 7.98. The van der Waals surface area contributed by atoms with Crippen LogP contribution in [0, 0.1) is 11.8 Å². The largest absolute Gasteiger partial charge is 0.454 e. The van der Waals surface area contributed by atoms with Crippen molar-refractivity contribution in [3.8, 4) is 11.5 Å². The Morgan fingerprint density at radius 2 is 1.97 bits per heavy atom. The minimum absolute atomic E-state index is 0.133. The molecule has 0 unspecified atom stereocenters. The highest BCUT2D eigenvalue weighted by molar-refractivity contribution is 5.76. The van der Waals surface area contributed by atoms with Gasteiger partial charge in [0.1, 0.15) is 0 Å². The van der Waals surface area contributed by atoms with Gasteiger partial charge < -0.3 is 14.8 Å². The number of nitrogens with one attached hydrogen (secondary N) is 1. The van der Waals surface area contributed by atoms with Crippen molar-refractivity contribution in [3.63, 3.8) is 0 Å². The van der Waals surface area contributed by atoms with Crippen LogP contribution in [0.15, 0.2) is 42.7 Å². The minimum atomic E-state index is 0.133. The van der Waals surface area contributed by atoms with Crippen LogP contribution in [0.5, 0.6) is 11.5 Å². The van der Waals surface area contributed by atoms with Crippen molar-refractivity contribution in [2.75, 3.05) is 19.9 Å². The third kappa shape index (κ3) is 5.07. The highest BCUT2D eigenvalue weighted by atomic mass is 16.7. The highest BCUT2D eigenvalue weighted by Gasteiger charge is 2.29. The van der Waals surface area contributed by atoms with E-state index in [1.165, 1.54) is 5.56 Å². The summed E-state index contributed by atoms with van der Waals surface area (Å²) < 4.78 is 10.7. The molecule has 2 aliphatic heterocycles. The summed E-state index contributed by atoms with van der Waals surface area (Å²) in [6, 6.07) is 9.97. The van der Waals surface area contributed by atoms with Gasteiger partial charge in [-0.15, -0.1) is 0 Å². The van der Waals surface area contributed by atoms with Crippen molar-refractivity contribution in [1.29, 1.82) is 0 Å². The van der Waals surface area contributed by atoms with Crippen LogP contribution in [0.1, 0.15) is 37.3 Å². The summed E-state index contributed by atoms with van der Waals surface area (Å²) in [6.45, 7) is 6.08. The molecule has 3 heterocycles. The first-order chi connectivity index (χ1) is 14.2. The Hall–Kier alpha value is -2.60. The molecule has 0 spiro atoms. The van der Waals surface area contributed by atoms with E-state index >= 15 is 0 Å². The van der Waals surface area contributed by atoms with Crippen molar-refractivity contribution in [2.45, 2.75) is 39.3 Å². The minimum Gasteiger partial charge on any atom is -0.454 e. The fraction of sp³-hybridized carbons (Fsp3) is 0.478.